The van der Waals surface area contributed by atoms with Gasteiger partial charge in [0.2, 0.25) is 0 Å². The quantitative estimate of drug-likeness (QED) is 0.906. The van der Waals surface area contributed by atoms with Crippen molar-refractivity contribution in [1.29, 1.82) is 0 Å². The molecule has 0 saturated carbocycles. The van der Waals surface area contributed by atoms with Gasteiger partial charge in [0.25, 0.3) is 0 Å². The van der Waals surface area contributed by atoms with Crippen molar-refractivity contribution in [3.63, 3.8) is 0 Å². The minimum atomic E-state index is -0.802. The monoisotopic (exact) mass is 277 g/mol. The fourth-order valence-corrected chi connectivity index (χ4v) is 2.27. The molecular weight excluding hydrogens is 260 g/mol. The van der Waals surface area contributed by atoms with Gasteiger partial charge in [0.1, 0.15) is 11.6 Å². The predicted molar refractivity (Wildman–Crippen MR) is 76.1 cm³/mol. The van der Waals surface area contributed by atoms with Crippen LogP contribution < -0.4 is 4.90 Å². The summed E-state index contributed by atoms with van der Waals surface area (Å²) in [6.45, 7) is 3.89. The molecule has 0 heterocycles. The van der Waals surface area contributed by atoms with Crippen LogP contribution in [0.15, 0.2) is 42.5 Å². The first-order valence-electron chi connectivity index (χ1n) is 6.54. The van der Waals surface area contributed by atoms with Crippen LogP contribution in [0.5, 0.6) is 0 Å². The van der Waals surface area contributed by atoms with Crippen LogP contribution >= 0.6 is 0 Å². The summed E-state index contributed by atoms with van der Waals surface area (Å²) in [6, 6.07) is 10.5. The third-order valence-corrected chi connectivity index (χ3v) is 3.17. The van der Waals surface area contributed by atoms with E-state index in [1.807, 2.05) is 6.92 Å². The fourth-order valence-electron chi connectivity index (χ4n) is 2.27. The van der Waals surface area contributed by atoms with Crippen LogP contribution in [-0.4, -0.2) is 11.7 Å². The Kier molecular flexibility index (Phi) is 4.35. The van der Waals surface area contributed by atoms with E-state index in [0.29, 0.717) is 17.8 Å². The number of para-hydroxylation sites is 1. The van der Waals surface area contributed by atoms with Crippen molar-refractivity contribution >= 4 is 11.4 Å². The Balaban J connectivity index is 2.57. The van der Waals surface area contributed by atoms with Gasteiger partial charge >= 0.3 is 0 Å². The van der Waals surface area contributed by atoms with Crippen LogP contribution in [0, 0.1) is 11.6 Å². The van der Waals surface area contributed by atoms with E-state index in [2.05, 4.69) is 0 Å². The number of hydrogen-bond acceptors (Lipinski definition) is 2. The number of hydrogen-bond donors (Lipinski definition) is 1. The topological polar surface area (TPSA) is 23.5 Å². The van der Waals surface area contributed by atoms with Gasteiger partial charge in [0, 0.05) is 17.8 Å². The maximum Gasteiger partial charge on any atom is 0.147 e. The molecule has 0 spiro atoms. The van der Waals surface area contributed by atoms with Gasteiger partial charge in [-0.1, -0.05) is 18.2 Å². The lowest BCUT2D eigenvalue weighted by molar-refractivity contribution is 0.199. The fraction of sp³-hybridized carbons (Fsp3) is 0.250. The van der Waals surface area contributed by atoms with Crippen molar-refractivity contribution in [2.75, 3.05) is 11.4 Å². The number of aliphatic hydroxyl groups is 1. The maximum absolute atomic E-state index is 14.2. The molecule has 0 amide bonds. The molecule has 0 radical (unpaired) electrons. The van der Waals surface area contributed by atoms with Crippen LogP contribution in [-0.2, 0) is 0 Å². The van der Waals surface area contributed by atoms with E-state index in [9.17, 15) is 13.9 Å². The molecule has 4 heteroatoms. The molecule has 0 aliphatic heterocycles. The molecule has 0 unspecified atom stereocenters. The number of benzene rings is 2. The first-order valence-corrected chi connectivity index (χ1v) is 6.54. The van der Waals surface area contributed by atoms with E-state index < -0.39 is 11.9 Å². The van der Waals surface area contributed by atoms with Crippen molar-refractivity contribution in [2.24, 2.45) is 0 Å². The molecule has 1 atom stereocenters. The molecule has 20 heavy (non-hydrogen) atoms. The summed E-state index contributed by atoms with van der Waals surface area (Å²) >= 11 is 0. The van der Waals surface area contributed by atoms with Gasteiger partial charge in [-0.15, -0.1) is 0 Å². The second kappa shape index (κ2) is 6.01. The van der Waals surface area contributed by atoms with Gasteiger partial charge in [-0.3, -0.25) is 0 Å². The molecule has 0 aromatic heterocycles. The molecule has 0 aliphatic rings. The molecule has 0 fully saturated rings. The molecule has 2 aromatic carbocycles. The van der Waals surface area contributed by atoms with Crippen molar-refractivity contribution in [1.82, 2.24) is 0 Å². The van der Waals surface area contributed by atoms with Crippen LogP contribution in [0.3, 0.4) is 0 Å². The van der Waals surface area contributed by atoms with Crippen LogP contribution in [0.1, 0.15) is 25.5 Å². The molecule has 2 aromatic rings. The predicted octanol–water partition coefficient (Wildman–Crippen LogP) is 4.18. The Bertz CT molecular complexity index is 599. The Morgan fingerprint density at radius 2 is 1.85 bits per heavy atom. The standard InChI is InChI=1S/C16H17F2NO/c1-3-19(13-7-4-6-12(17)10-13)16-14(11(2)20)8-5-9-15(16)18/h4-11,20H,3H2,1-2H3/t11-/m1/s1. The van der Waals surface area contributed by atoms with Crippen molar-refractivity contribution < 1.29 is 13.9 Å². The zero-order valence-electron chi connectivity index (χ0n) is 11.5. The largest absolute Gasteiger partial charge is 0.389 e. The number of halogens is 2. The van der Waals surface area contributed by atoms with E-state index in [4.69, 9.17) is 0 Å². The van der Waals surface area contributed by atoms with E-state index in [0.717, 1.165) is 0 Å². The summed E-state index contributed by atoms with van der Waals surface area (Å²) in [5.41, 5.74) is 1.33. The highest BCUT2D eigenvalue weighted by molar-refractivity contribution is 5.67. The zero-order chi connectivity index (χ0) is 14.7. The lowest BCUT2D eigenvalue weighted by atomic mass is 10.1. The Labute approximate surface area is 117 Å². The first-order chi connectivity index (χ1) is 9.54. The minimum absolute atomic E-state index is 0.288. The third kappa shape index (κ3) is 2.80. The van der Waals surface area contributed by atoms with Gasteiger partial charge in [0.15, 0.2) is 0 Å². The highest BCUT2D eigenvalue weighted by Gasteiger charge is 2.19. The van der Waals surface area contributed by atoms with Gasteiger partial charge in [-0.25, -0.2) is 8.78 Å². The molecule has 1 N–H and O–H groups in total. The maximum atomic E-state index is 14.2. The van der Waals surface area contributed by atoms with Crippen molar-refractivity contribution in [3.8, 4) is 0 Å². The number of nitrogens with zero attached hydrogens (tertiary/aromatic N) is 1. The lowest BCUT2D eigenvalue weighted by Crippen LogP contribution is -2.20. The average molecular weight is 277 g/mol. The third-order valence-electron chi connectivity index (χ3n) is 3.17. The van der Waals surface area contributed by atoms with E-state index in [1.54, 1.807) is 36.1 Å². The van der Waals surface area contributed by atoms with E-state index in [-0.39, 0.29) is 11.5 Å². The van der Waals surface area contributed by atoms with E-state index >= 15 is 0 Å². The normalized spacial score (nSPS) is 12.2. The van der Waals surface area contributed by atoms with Crippen LogP contribution in [0.25, 0.3) is 0 Å². The van der Waals surface area contributed by atoms with E-state index in [1.165, 1.54) is 18.2 Å². The lowest BCUT2D eigenvalue weighted by Gasteiger charge is -2.27. The van der Waals surface area contributed by atoms with Gasteiger partial charge < -0.3 is 10.0 Å². The number of aliphatic hydroxyl groups excluding tert-OH is 1. The van der Waals surface area contributed by atoms with Crippen LogP contribution in [0.4, 0.5) is 20.2 Å². The summed E-state index contributed by atoms with van der Waals surface area (Å²) < 4.78 is 27.6. The average Bonchev–Trinajstić information content (AvgIpc) is 2.41. The molecule has 2 nitrogen and oxygen atoms in total. The molecule has 2 rings (SSSR count). The molecule has 0 bridgehead atoms. The smallest absolute Gasteiger partial charge is 0.147 e. The summed E-state index contributed by atoms with van der Waals surface area (Å²) in [4.78, 5) is 1.65. The van der Waals surface area contributed by atoms with Gasteiger partial charge in [0.05, 0.1) is 11.8 Å². The molecule has 106 valence electrons. The van der Waals surface area contributed by atoms with Crippen molar-refractivity contribution in [2.45, 2.75) is 20.0 Å². The first kappa shape index (κ1) is 14.5. The summed E-state index contributed by atoms with van der Waals surface area (Å²) in [6.07, 6.45) is -0.802. The molecular formula is C16H17F2NO. The Hall–Kier alpha value is -1.94. The van der Waals surface area contributed by atoms with Gasteiger partial charge in [-0.05, 0) is 38.1 Å². The zero-order valence-corrected chi connectivity index (χ0v) is 11.5. The molecule has 0 saturated heterocycles. The SMILES string of the molecule is CCN(c1cccc(F)c1)c1c(F)cccc1[C@@H](C)O. The second-order valence-electron chi connectivity index (χ2n) is 4.58. The Morgan fingerprint density at radius 3 is 2.45 bits per heavy atom. The Morgan fingerprint density at radius 1 is 1.15 bits per heavy atom. The summed E-state index contributed by atoms with van der Waals surface area (Å²) in [5.74, 6) is -0.814. The highest BCUT2D eigenvalue weighted by Crippen LogP contribution is 2.34. The molecule has 0 aliphatic carbocycles. The highest BCUT2D eigenvalue weighted by atomic mass is 19.1. The number of anilines is 2. The second-order valence-corrected chi connectivity index (χ2v) is 4.58. The minimum Gasteiger partial charge on any atom is -0.389 e. The number of rotatable bonds is 4. The van der Waals surface area contributed by atoms with Gasteiger partial charge in [-0.2, -0.15) is 0 Å². The van der Waals surface area contributed by atoms with Crippen LogP contribution in [0.2, 0.25) is 0 Å². The van der Waals surface area contributed by atoms with Crippen molar-refractivity contribution in [3.05, 3.63) is 59.7 Å². The summed E-state index contributed by atoms with van der Waals surface area (Å²) in [5, 5.41) is 9.81. The summed E-state index contributed by atoms with van der Waals surface area (Å²) in [7, 11) is 0.